The zero-order valence-corrected chi connectivity index (χ0v) is 15.1. The highest BCUT2D eigenvalue weighted by molar-refractivity contribution is 14.1. The van der Waals surface area contributed by atoms with Gasteiger partial charge in [-0.15, -0.1) is 0 Å². The normalized spacial score (nSPS) is 10.7. The highest BCUT2D eigenvalue weighted by Crippen LogP contribution is 2.22. The number of hydrogen-bond acceptors (Lipinski definition) is 3. The van der Waals surface area contributed by atoms with Gasteiger partial charge >= 0.3 is 0 Å². The summed E-state index contributed by atoms with van der Waals surface area (Å²) in [6.07, 6.45) is 1.46. The minimum atomic E-state index is -0.337. The third-order valence-electron chi connectivity index (χ3n) is 2.75. The Bertz CT molecular complexity index is 735. The molecule has 4 nitrogen and oxygen atoms in total. The molecule has 2 rings (SSSR count). The van der Waals surface area contributed by atoms with Crippen molar-refractivity contribution in [2.75, 3.05) is 7.11 Å². The van der Waals surface area contributed by atoms with Crippen molar-refractivity contribution in [2.45, 2.75) is 0 Å². The van der Waals surface area contributed by atoms with Crippen LogP contribution in [0, 0.1) is 3.57 Å². The smallest absolute Gasteiger partial charge is 0.271 e. The third-order valence-corrected chi connectivity index (χ3v) is 4.20. The summed E-state index contributed by atoms with van der Waals surface area (Å²) < 4.78 is 6.10. The molecule has 7 heteroatoms. The van der Waals surface area contributed by atoms with Gasteiger partial charge in [0.25, 0.3) is 5.91 Å². The summed E-state index contributed by atoms with van der Waals surface area (Å²) in [5, 5.41) is 4.89. The molecule has 0 saturated heterocycles. The summed E-state index contributed by atoms with van der Waals surface area (Å²) >= 11 is 14.0. The molecule has 0 aliphatic heterocycles. The molecule has 0 bridgehead atoms. The van der Waals surface area contributed by atoms with Crippen LogP contribution in [0.25, 0.3) is 0 Å². The van der Waals surface area contributed by atoms with E-state index in [1.54, 1.807) is 43.5 Å². The average molecular weight is 449 g/mol. The van der Waals surface area contributed by atoms with Crippen LogP contribution in [0.3, 0.4) is 0 Å². The quantitative estimate of drug-likeness (QED) is 0.429. The second-order valence-electron chi connectivity index (χ2n) is 4.21. The van der Waals surface area contributed by atoms with E-state index in [1.807, 2.05) is 0 Å². The zero-order chi connectivity index (χ0) is 16.1. The monoisotopic (exact) mass is 448 g/mol. The molecule has 114 valence electrons. The van der Waals surface area contributed by atoms with Gasteiger partial charge in [0.2, 0.25) is 0 Å². The Kier molecular flexibility index (Phi) is 6.05. The van der Waals surface area contributed by atoms with E-state index < -0.39 is 0 Å². The fourth-order valence-corrected chi connectivity index (χ4v) is 2.65. The van der Waals surface area contributed by atoms with E-state index >= 15 is 0 Å². The first kappa shape index (κ1) is 17.1. The van der Waals surface area contributed by atoms with Crippen LogP contribution in [0.4, 0.5) is 0 Å². The van der Waals surface area contributed by atoms with Crippen molar-refractivity contribution in [3.05, 3.63) is 61.1 Å². The lowest BCUT2D eigenvalue weighted by Gasteiger charge is -2.05. The van der Waals surface area contributed by atoms with E-state index in [0.717, 1.165) is 3.57 Å². The molecular formula is C15H11Cl2IN2O2. The SMILES string of the molecule is COc1cc(C(=O)N/N=C\c2ccc(Cl)cc2Cl)ccc1I. The van der Waals surface area contributed by atoms with Gasteiger partial charge in [0.05, 0.1) is 21.9 Å². The Balaban J connectivity index is 2.07. The standard InChI is InChI=1S/C15H11Cl2IN2O2/c1-22-14-6-9(3-5-13(14)18)15(21)20-19-8-10-2-4-11(16)7-12(10)17/h2-8H,1H3,(H,20,21)/b19-8-. The van der Waals surface area contributed by atoms with Crippen molar-refractivity contribution in [1.29, 1.82) is 0 Å². The molecule has 0 unspecified atom stereocenters. The molecular weight excluding hydrogens is 438 g/mol. The summed E-state index contributed by atoms with van der Waals surface area (Å²) in [4.78, 5) is 12.0. The van der Waals surface area contributed by atoms with Gasteiger partial charge < -0.3 is 4.74 Å². The van der Waals surface area contributed by atoms with Gasteiger partial charge in [-0.25, -0.2) is 5.43 Å². The highest BCUT2D eigenvalue weighted by atomic mass is 127. The number of nitrogens with zero attached hydrogens (tertiary/aromatic N) is 1. The molecule has 1 amide bonds. The summed E-state index contributed by atoms with van der Waals surface area (Å²) in [5.74, 6) is 0.300. The number of carbonyl (C=O) groups excluding carboxylic acids is 1. The molecule has 0 fully saturated rings. The van der Waals surface area contributed by atoms with Gasteiger partial charge in [-0.3, -0.25) is 4.79 Å². The van der Waals surface area contributed by atoms with Crippen LogP contribution in [-0.2, 0) is 0 Å². The summed E-state index contributed by atoms with van der Waals surface area (Å²) in [6.45, 7) is 0. The molecule has 0 aromatic heterocycles. The second-order valence-corrected chi connectivity index (χ2v) is 6.22. The molecule has 0 aliphatic rings. The van der Waals surface area contributed by atoms with Crippen molar-refractivity contribution < 1.29 is 9.53 Å². The fourth-order valence-electron chi connectivity index (χ4n) is 1.63. The molecule has 0 radical (unpaired) electrons. The predicted molar refractivity (Wildman–Crippen MR) is 97.2 cm³/mol. The van der Waals surface area contributed by atoms with Crippen LogP contribution in [-0.4, -0.2) is 19.2 Å². The lowest BCUT2D eigenvalue weighted by molar-refractivity contribution is 0.0955. The fraction of sp³-hybridized carbons (Fsp3) is 0.0667. The number of amides is 1. The summed E-state index contributed by atoms with van der Waals surface area (Å²) in [7, 11) is 1.56. The highest BCUT2D eigenvalue weighted by Gasteiger charge is 2.08. The van der Waals surface area contributed by atoms with Gasteiger partial charge in [0, 0.05) is 16.1 Å². The van der Waals surface area contributed by atoms with E-state index in [9.17, 15) is 4.79 Å². The molecule has 0 heterocycles. The van der Waals surface area contributed by atoms with E-state index in [2.05, 4.69) is 33.1 Å². The lowest BCUT2D eigenvalue weighted by Crippen LogP contribution is -2.17. The third kappa shape index (κ3) is 4.34. The molecule has 0 atom stereocenters. The van der Waals surface area contributed by atoms with Crippen LogP contribution in [0.5, 0.6) is 5.75 Å². The van der Waals surface area contributed by atoms with Crippen LogP contribution in [0.1, 0.15) is 15.9 Å². The molecule has 22 heavy (non-hydrogen) atoms. The number of hydrazone groups is 1. The Morgan fingerprint density at radius 3 is 2.73 bits per heavy atom. The number of benzene rings is 2. The molecule has 0 saturated carbocycles. The molecule has 1 N–H and O–H groups in total. The molecule has 0 spiro atoms. The maximum Gasteiger partial charge on any atom is 0.271 e. The zero-order valence-electron chi connectivity index (χ0n) is 11.4. The minimum absolute atomic E-state index is 0.337. The minimum Gasteiger partial charge on any atom is -0.496 e. The Labute approximate surface area is 151 Å². The van der Waals surface area contributed by atoms with Crippen molar-refractivity contribution in [1.82, 2.24) is 5.43 Å². The first-order chi connectivity index (χ1) is 10.5. The molecule has 0 aliphatic carbocycles. The second kappa shape index (κ2) is 7.80. The average Bonchev–Trinajstić information content (AvgIpc) is 2.49. The predicted octanol–water partition coefficient (Wildman–Crippen LogP) is 4.37. The van der Waals surface area contributed by atoms with Crippen molar-refractivity contribution in [3.63, 3.8) is 0 Å². The number of halogens is 3. The first-order valence-corrected chi connectivity index (χ1v) is 7.96. The Hall–Kier alpha value is -1.31. The number of rotatable bonds is 4. The van der Waals surface area contributed by atoms with Crippen LogP contribution in [0.2, 0.25) is 10.0 Å². The van der Waals surface area contributed by atoms with Crippen LogP contribution >= 0.6 is 45.8 Å². The maximum absolute atomic E-state index is 12.0. The molecule has 2 aromatic carbocycles. The molecule has 2 aromatic rings. The summed E-state index contributed by atoms with van der Waals surface area (Å²) in [5.41, 5.74) is 3.55. The van der Waals surface area contributed by atoms with E-state index in [4.69, 9.17) is 27.9 Å². The van der Waals surface area contributed by atoms with Crippen molar-refractivity contribution >= 4 is 57.9 Å². The van der Waals surface area contributed by atoms with Crippen molar-refractivity contribution in [2.24, 2.45) is 5.10 Å². The largest absolute Gasteiger partial charge is 0.496 e. The number of nitrogens with one attached hydrogen (secondary N) is 1. The lowest BCUT2D eigenvalue weighted by atomic mass is 10.2. The van der Waals surface area contributed by atoms with Gasteiger partial charge in [-0.1, -0.05) is 29.3 Å². The first-order valence-electron chi connectivity index (χ1n) is 6.13. The topological polar surface area (TPSA) is 50.7 Å². The number of methoxy groups -OCH3 is 1. The summed E-state index contributed by atoms with van der Waals surface area (Å²) in [6, 6.07) is 10.2. The van der Waals surface area contributed by atoms with E-state index in [1.165, 1.54) is 6.21 Å². The van der Waals surface area contributed by atoms with E-state index in [0.29, 0.717) is 26.9 Å². The maximum atomic E-state index is 12.0. The Morgan fingerprint density at radius 1 is 1.27 bits per heavy atom. The Morgan fingerprint density at radius 2 is 2.05 bits per heavy atom. The van der Waals surface area contributed by atoms with Gasteiger partial charge in [0.15, 0.2) is 0 Å². The van der Waals surface area contributed by atoms with E-state index in [-0.39, 0.29) is 5.91 Å². The number of carbonyl (C=O) groups is 1. The van der Waals surface area contributed by atoms with Gasteiger partial charge in [-0.2, -0.15) is 5.10 Å². The van der Waals surface area contributed by atoms with Crippen LogP contribution in [0.15, 0.2) is 41.5 Å². The number of hydrogen-bond donors (Lipinski definition) is 1. The number of ether oxygens (including phenoxy) is 1. The van der Waals surface area contributed by atoms with Crippen LogP contribution < -0.4 is 10.2 Å². The van der Waals surface area contributed by atoms with Gasteiger partial charge in [0.1, 0.15) is 5.75 Å². The van der Waals surface area contributed by atoms with Gasteiger partial charge in [-0.05, 0) is 52.9 Å². The van der Waals surface area contributed by atoms with Crippen molar-refractivity contribution in [3.8, 4) is 5.75 Å².